The van der Waals surface area contributed by atoms with Gasteiger partial charge in [-0.1, -0.05) is 24.3 Å². The Labute approximate surface area is 220 Å². The van der Waals surface area contributed by atoms with Gasteiger partial charge >= 0.3 is 0 Å². The molecule has 2 atom stereocenters. The van der Waals surface area contributed by atoms with Crippen molar-refractivity contribution in [3.63, 3.8) is 0 Å². The van der Waals surface area contributed by atoms with Gasteiger partial charge in [-0.05, 0) is 43.2 Å². The minimum atomic E-state index is -0.891. The summed E-state index contributed by atoms with van der Waals surface area (Å²) in [5.74, 6) is 0.706. The van der Waals surface area contributed by atoms with Crippen molar-refractivity contribution in [2.24, 2.45) is 0 Å². The van der Waals surface area contributed by atoms with E-state index < -0.39 is 6.17 Å². The Hall–Kier alpha value is -3.93. The molecule has 3 heterocycles. The van der Waals surface area contributed by atoms with Crippen LogP contribution in [0.15, 0.2) is 59.1 Å². The molecule has 3 N–H and O–H groups in total. The van der Waals surface area contributed by atoms with Crippen LogP contribution in [0.1, 0.15) is 18.9 Å². The van der Waals surface area contributed by atoms with Gasteiger partial charge in [0.15, 0.2) is 11.5 Å². The van der Waals surface area contributed by atoms with E-state index in [4.69, 9.17) is 19.7 Å². The molecule has 198 valence electrons. The van der Waals surface area contributed by atoms with Crippen molar-refractivity contribution in [2.45, 2.75) is 32.1 Å². The lowest BCUT2D eigenvalue weighted by Gasteiger charge is -2.27. The largest absolute Gasteiger partial charge is 0.414 e. The number of nitrogen functional groups attached to an aromatic ring is 1. The number of alkyl halides is 1. The molecule has 4 aromatic rings. The second-order valence-electron chi connectivity index (χ2n) is 9.08. The van der Waals surface area contributed by atoms with E-state index in [1.165, 1.54) is 6.92 Å². The van der Waals surface area contributed by atoms with Crippen LogP contribution in [0.3, 0.4) is 0 Å². The van der Waals surface area contributed by atoms with Crippen LogP contribution in [-0.4, -0.2) is 59.2 Å². The lowest BCUT2D eigenvalue weighted by atomic mass is 10.1. The van der Waals surface area contributed by atoms with Crippen LogP contribution in [0, 0.1) is 0 Å². The summed E-state index contributed by atoms with van der Waals surface area (Å²) in [6.07, 6.45) is 1.63. The van der Waals surface area contributed by atoms with Crippen LogP contribution in [0.2, 0.25) is 0 Å². The average molecular weight is 520 g/mol. The highest BCUT2D eigenvalue weighted by Crippen LogP contribution is 2.29. The summed E-state index contributed by atoms with van der Waals surface area (Å²) >= 11 is 0. The number of nitrogens with two attached hydrogens (primary N) is 1. The first-order valence-corrected chi connectivity index (χ1v) is 12.4. The molecule has 1 fully saturated rings. The molecule has 2 unspecified atom stereocenters. The molecular weight excluding hydrogens is 489 g/mol. The van der Waals surface area contributed by atoms with E-state index in [0.29, 0.717) is 37.0 Å². The second kappa shape index (κ2) is 11.6. The minimum absolute atomic E-state index is 0.179. The van der Waals surface area contributed by atoms with Crippen molar-refractivity contribution in [1.82, 2.24) is 25.5 Å². The SMILES string of the molecule is CON(c1ccc(-c2cnc(N)c(-c3nnc(-c4ccc(CNCC(C)F)cc4)o3)n2)cc1)C1CCOC1. The van der Waals surface area contributed by atoms with E-state index in [2.05, 4.69) is 25.5 Å². The molecule has 38 heavy (non-hydrogen) atoms. The molecule has 10 nitrogen and oxygen atoms in total. The number of rotatable bonds is 10. The molecule has 0 saturated carbocycles. The molecule has 0 spiro atoms. The minimum Gasteiger partial charge on any atom is -0.414 e. The van der Waals surface area contributed by atoms with E-state index in [1.54, 1.807) is 13.3 Å². The first-order chi connectivity index (χ1) is 18.5. The Kier molecular flexibility index (Phi) is 7.87. The molecule has 2 aromatic carbocycles. The normalized spacial score (nSPS) is 16.0. The summed E-state index contributed by atoms with van der Waals surface area (Å²) in [6, 6.07) is 15.6. The number of hydrogen-bond acceptors (Lipinski definition) is 10. The number of benzene rings is 2. The highest BCUT2D eigenvalue weighted by atomic mass is 19.1. The Morgan fingerprint density at radius 1 is 1.11 bits per heavy atom. The number of anilines is 2. The molecule has 1 saturated heterocycles. The van der Waals surface area contributed by atoms with Gasteiger partial charge in [-0.3, -0.25) is 4.84 Å². The third kappa shape index (κ3) is 5.80. The molecule has 11 heteroatoms. The van der Waals surface area contributed by atoms with Gasteiger partial charge in [-0.25, -0.2) is 19.4 Å². The summed E-state index contributed by atoms with van der Waals surface area (Å²) in [4.78, 5) is 14.6. The van der Waals surface area contributed by atoms with Crippen LogP contribution >= 0.6 is 0 Å². The van der Waals surface area contributed by atoms with Crippen LogP contribution in [0.4, 0.5) is 15.9 Å². The van der Waals surface area contributed by atoms with Crippen molar-refractivity contribution in [3.05, 3.63) is 60.3 Å². The predicted octanol–water partition coefficient (Wildman–Crippen LogP) is 4.05. The number of nitrogens with one attached hydrogen (secondary N) is 1. The zero-order valence-corrected chi connectivity index (χ0v) is 21.3. The predicted molar refractivity (Wildman–Crippen MR) is 142 cm³/mol. The van der Waals surface area contributed by atoms with Crippen LogP contribution in [0.5, 0.6) is 0 Å². The third-order valence-electron chi connectivity index (χ3n) is 6.24. The molecule has 0 radical (unpaired) electrons. The van der Waals surface area contributed by atoms with Gasteiger partial charge in [0.1, 0.15) is 6.17 Å². The number of nitrogens with zero attached hydrogens (tertiary/aromatic N) is 5. The topological polar surface area (TPSA) is 124 Å². The van der Waals surface area contributed by atoms with Gasteiger partial charge in [0.2, 0.25) is 5.89 Å². The van der Waals surface area contributed by atoms with Gasteiger partial charge in [0.05, 0.1) is 37.3 Å². The average Bonchev–Trinajstić information content (AvgIpc) is 3.63. The first-order valence-electron chi connectivity index (χ1n) is 12.4. The summed E-state index contributed by atoms with van der Waals surface area (Å²) in [5, 5.41) is 13.3. The van der Waals surface area contributed by atoms with Crippen LogP contribution < -0.4 is 16.1 Å². The van der Waals surface area contributed by atoms with Gasteiger partial charge in [-0.2, -0.15) is 0 Å². The maximum absolute atomic E-state index is 13.0. The summed E-state index contributed by atoms with van der Waals surface area (Å²) in [5.41, 5.74) is 10.6. The molecule has 2 aromatic heterocycles. The van der Waals surface area contributed by atoms with Crippen molar-refractivity contribution < 1.29 is 18.4 Å². The lowest BCUT2D eigenvalue weighted by molar-refractivity contribution is 0.124. The zero-order valence-electron chi connectivity index (χ0n) is 21.3. The molecule has 0 amide bonds. The van der Waals surface area contributed by atoms with Crippen LogP contribution in [-0.2, 0) is 16.1 Å². The fourth-order valence-electron chi connectivity index (χ4n) is 4.26. The van der Waals surface area contributed by atoms with Crippen molar-refractivity contribution in [3.8, 4) is 34.3 Å². The van der Waals surface area contributed by atoms with E-state index >= 15 is 0 Å². The molecule has 1 aliphatic rings. The number of hydroxylamine groups is 1. The number of aromatic nitrogens is 4. The summed E-state index contributed by atoms with van der Waals surface area (Å²) in [6.45, 7) is 3.77. The lowest BCUT2D eigenvalue weighted by Crippen LogP contribution is -2.34. The second-order valence-corrected chi connectivity index (χ2v) is 9.08. The Bertz CT molecular complexity index is 1340. The van der Waals surface area contributed by atoms with Crippen molar-refractivity contribution in [1.29, 1.82) is 0 Å². The highest BCUT2D eigenvalue weighted by Gasteiger charge is 2.24. The van der Waals surface area contributed by atoms with E-state index in [1.807, 2.05) is 53.6 Å². The smallest absolute Gasteiger partial charge is 0.270 e. The van der Waals surface area contributed by atoms with E-state index in [9.17, 15) is 4.39 Å². The fourth-order valence-corrected chi connectivity index (χ4v) is 4.26. The highest BCUT2D eigenvalue weighted by molar-refractivity contribution is 5.69. The third-order valence-corrected chi connectivity index (χ3v) is 6.24. The molecule has 1 aliphatic heterocycles. The summed E-state index contributed by atoms with van der Waals surface area (Å²) < 4.78 is 24.4. The molecule has 0 bridgehead atoms. The van der Waals surface area contributed by atoms with Gasteiger partial charge in [0, 0.05) is 30.8 Å². The van der Waals surface area contributed by atoms with Crippen LogP contribution in [0.25, 0.3) is 34.3 Å². The number of ether oxygens (including phenoxy) is 1. The number of halogens is 1. The van der Waals surface area contributed by atoms with E-state index in [0.717, 1.165) is 35.4 Å². The standard InChI is InChI=1S/C27H30FN7O3/c1-17(28)13-30-14-18-3-5-20(6-4-18)26-33-34-27(38-26)24-25(29)31-15-23(32-24)19-7-9-21(10-8-19)35(36-2)22-11-12-37-16-22/h3-10,15,17,22,30H,11-14,16H2,1-2H3,(H2,29,31). The molecular formula is C27H30FN7O3. The first kappa shape index (κ1) is 25.7. The maximum atomic E-state index is 13.0. The van der Waals surface area contributed by atoms with Gasteiger partial charge in [0.25, 0.3) is 5.89 Å². The Balaban J connectivity index is 1.32. The molecule has 5 rings (SSSR count). The van der Waals surface area contributed by atoms with Crippen molar-refractivity contribution >= 4 is 11.5 Å². The summed E-state index contributed by atoms with van der Waals surface area (Å²) in [7, 11) is 1.66. The fraction of sp³-hybridized carbons (Fsp3) is 0.333. The maximum Gasteiger partial charge on any atom is 0.270 e. The zero-order chi connectivity index (χ0) is 26.5. The quantitative estimate of drug-likeness (QED) is 0.297. The monoisotopic (exact) mass is 519 g/mol. The Morgan fingerprint density at radius 2 is 1.84 bits per heavy atom. The van der Waals surface area contributed by atoms with Crippen molar-refractivity contribution in [2.75, 3.05) is 37.7 Å². The number of hydrogen-bond donors (Lipinski definition) is 2. The van der Waals surface area contributed by atoms with E-state index in [-0.39, 0.29) is 17.8 Å². The van der Waals surface area contributed by atoms with Gasteiger partial charge < -0.3 is 20.2 Å². The molecule has 0 aliphatic carbocycles. The van der Waals surface area contributed by atoms with Gasteiger partial charge in [-0.15, -0.1) is 10.2 Å². The Morgan fingerprint density at radius 3 is 2.53 bits per heavy atom.